The third-order valence-corrected chi connectivity index (χ3v) is 4.49. The second-order valence-corrected chi connectivity index (χ2v) is 5.55. The zero-order chi connectivity index (χ0) is 12.1. The Morgan fingerprint density at radius 1 is 1.18 bits per heavy atom. The number of piperazine rings is 1. The first-order valence-electron chi connectivity index (χ1n) is 7.54. The summed E-state index contributed by atoms with van der Waals surface area (Å²) >= 11 is 0. The predicted molar refractivity (Wildman–Crippen MR) is 73.4 cm³/mol. The molecule has 2 fully saturated rings. The van der Waals surface area contributed by atoms with Gasteiger partial charge in [0, 0.05) is 38.3 Å². The molecule has 0 saturated carbocycles. The molecule has 1 N–H and O–H groups in total. The molecule has 17 heavy (non-hydrogen) atoms. The van der Waals surface area contributed by atoms with E-state index in [0.29, 0.717) is 0 Å². The van der Waals surface area contributed by atoms with Crippen molar-refractivity contribution >= 4 is 0 Å². The summed E-state index contributed by atoms with van der Waals surface area (Å²) in [6.07, 6.45) is 5.57. The average molecular weight is 239 g/mol. The first-order valence-corrected chi connectivity index (χ1v) is 7.54. The lowest BCUT2D eigenvalue weighted by molar-refractivity contribution is 0.0265. The number of hydrogen-bond donors (Lipinski definition) is 1. The van der Waals surface area contributed by atoms with Gasteiger partial charge < -0.3 is 5.32 Å². The lowest BCUT2D eigenvalue weighted by atomic mass is 9.98. The molecule has 2 saturated heterocycles. The van der Waals surface area contributed by atoms with Gasteiger partial charge in [-0.15, -0.1) is 0 Å². The first kappa shape index (κ1) is 13.3. The van der Waals surface area contributed by atoms with E-state index in [2.05, 4.69) is 29.0 Å². The Hall–Kier alpha value is -0.120. The van der Waals surface area contributed by atoms with Crippen LogP contribution in [0, 0.1) is 0 Å². The Morgan fingerprint density at radius 3 is 2.82 bits per heavy atom. The molecule has 0 spiro atoms. The standard InChI is InChI=1S/C14H29N3/c1-3-13(11-15-4-2)17-10-9-16-8-6-5-7-14(16)12-17/h13-15H,3-12H2,1-2H3. The zero-order valence-corrected chi connectivity index (χ0v) is 11.6. The Bertz CT molecular complexity index is 220. The van der Waals surface area contributed by atoms with Crippen LogP contribution in [-0.4, -0.2) is 61.2 Å². The van der Waals surface area contributed by atoms with Crippen molar-refractivity contribution in [2.45, 2.75) is 51.6 Å². The molecule has 0 bridgehead atoms. The second kappa shape index (κ2) is 6.72. The summed E-state index contributed by atoms with van der Waals surface area (Å²) in [7, 11) is 0. The molecule has 0 aromatic rings. The lowest BCUT2D eigenvalue weighted by Gasteiger charge is -2.46. The van der Waals surface area contributed by atoms with Crippen molar-refractivity contribution in [3.8, 4) is 0 Å². The van der Waals surface area contributed by atoms with Crippen LogP contribution in [0.4, 0.5) is 0 Å². The highest BCUT2D eigenvalue weighted by molar-refractivity contribution is 4.88. The minimum absolute atomic E-state index is 0.749. The van der Waals surface area contributed by atoms with Crippen molar-refractivity contribution in [1.29, 1.82) is 0 Å². The van der Waals surface area contributed by atoms with E-state index in [1.54, 1.807) is 0 Å². The molecule has 2 heterocycles. The molecule has 2 atom stereocenters. The molecular formula is C14H29N3. The molecule has 0 aliphatic carbocycles. The summed E-state index contributed by atoms with van der Waals surface area (Å²) in [6, 6.07) is 1.60. The maximum absolute atomic E-state index is 3.51. The summed E-state index contributed by atoms with van der Waals surface area (Å²) in [6.45, 7) is 12.0. The van der Waals surface area contributed by atoms with Gasteiger partial charge in [0.2, 0.25) is 0 Å². The van der Waals surface area contributed by atoms with E-state index >= 15 is 0 Å². The van der Waals surface area contributed by atoms with Gasteiger partial charge >= 0.3 is 0 Å². The second-order valence-electron chi connectivity index (χ2n) is 5.55. The smallest absolute Gasteiger partial charge is 0.0223 e. The van der Waals surface area contributed by atoms with Crippen LogP contribution in [0.5, 0.6) is 0 Å². The minimum Gasteiger partial charge on any atom is -0.315 e. The van der Waals surface area contributed by atoms with E-state index in [-0.39, 0.29) is 0 Å². The van der Waals surface area contributed by atoms with Gasteiger partial charge in [-0.1, -0.05) is 20.3 Å². The van der Waals surface area contributed by atoms with E-state index in [1.807, 2.05) is 0 Å². The summed E-state index contributed by atoms with van der Waals surface area (Å²) in [4.78, 5) is 5.45. The Labute approximate surface area is 107 Å². The average Bonchev–Trinajstić information content (AvgIpc) is 2.39. The maximum Gasteiger partial charge on any atom is 0.0223 e. The van der Waals surface area contributed by atoms with Crippen molar-refractivity contribution in [2.75, 3.05) is 39.3 Å². The van der Waals surface area contributed by atoms with Crippen molar-refractivity contribution in [2.24, 2.45) is 0 Å². The highest BCUT2D eigenvalue weighted by Crippen LogP contribution is 2.22. The van der Waals surface area contributed by atoms with Crippen LogP contribution in [0.25, 0.3) is 0 Å². The number of likely N-dealkylation sites (N-methyl/N-ethyl adjacent to an activating group) is 1. The van der Waals surface area contributed by atoms with Crippen LogP contribution >= 0.6 is 0 Å². The zero-order valence-electron chi connectivity index (χ0n) is 11.6. The van der Waals surface area contributed by atoms with Gasteiger partial charge in [-0.05, 0) is 32.4 Å². The van der Waals surface area contributed by atoms with Crippen molar-refractivity contribution in [1.82, 2.24) is 15.1 Å². The topological polar surface area (TPSA) is 18.5 Å². The fourth-order valence-corrected chi connectivity index (χ4v) is 3.35. The molecule has 0 radical (unpaired) electrons. The van der Waals surface area contributed by atoms with Gasteiger partial charge in [-0.3, -0.25) is 9.80 Å². The quantitative estimate of drug-likeness (QED) is 0.785. The fraction of sp³-hybridized carbons (Fsp3) is 1.00. The minimum atomic E-state index is 0.749. The highest BCUT2D eigenvalue weighted by atomic mass is 15.3. The van der Waals surface area contributed by atoms with Gasteiger partial charge in [-0.2, -0.15) is 0 Å². The van der Waals surface area contributed by atoms with Crippen molar-refractivity contribution in [3.63, 3.8) is 0 Å². The first-order chi connectivity index (χ1) is 8.35. The number of fused-ring (bicyclic) bond motifs is 1. The summed E-state index contributed by atoms with van der Waals surface area (Å²) in [5.41, 5.74) is 0. The largest absolute Gasteiger partial charge is 0.315 e. The summed E-state index contributed by atoms with van der Waals surface area (Å²) in [5.74, 6) is 0. The van der Waals surface area contributed by atoms with Crippen LogP contribution in [0.1, 0.15) is 39.5 Å². The fourth-order valence-electron chi connectivity index (χ4n) is 3.35. The third kappa shape index (κ3) is 3.43. The monoisotopic (exact) mass is 239 g/mol. The normalized spacial score (nSPS) is 28.9. The number of nitrogens with zero attached hydrogens (tertiary/aromatic N) is 2. The van der Waals surface area contributed by atoms with Gasteiger partial charge in [-0.25, -0.2) is 0 Å². The molecule has 2 rings (SSSR count). The molecule has 3 nitrogen and oxygen atoms in total. The Kier molecular flexibility index (Phi) is 5.26. The SMILES string of the molecule is CCNCC(CC)N1CCN2CCCCC2C1. The van der Waals surface area contributed by atoms with Gasteiger partial charge in [0.25, 0.3) is 0 Å². The molecule has 2 aliphatic rings. The molecule has 0 aromatic carbocycles. The Morgan fingerprint density at radius 2 is 2.06 bits per heavy atom. The van der Waals surface area contributed by atoms with Crippen LogP contribution < -0.4 is 5.32 Å². The van der Waals surface area contributed by atoms with Crippen LogP contribution in [0.3, 0.4) is 0 Å². The highest BCUT2D eigenvalue weighted by Gasteiger charge is 2.31. The molecule has 2 aliphatic heterocycles. The van der Waals surface area contributed by atoms with Crippen LogP contribution in [0.2, 0.25) is 0 Å². The number of piperidine rings is 1. The number of rotatable bonds is 5. The lowest BCUT2D eigenvalue weighted by Crippen LogP contribution is -2.58. The molecule has 100 valence electrons. The summed E-state index contributed by atoms with van der Waals surface area (Å²) in [5, 5.41) is 3.51. The van der Waals surface area contributed by atoms with E-state index < -0.39 is 0 Å². The van der Waals surface area contributed by atoms with Crippen LogP contribution in [-0.2, 0) is 0 Å². The number of nitrogens with one attached hydrogen (secondary N) is 1. The molecular weight excluding hydrogens is 210 g/mol. The molecule has 2 unspecified atom stereocenters. The van der Waals surface area contributed by atoms with Gasteiger partial charge in [0.15, 0.2) is 0 Å². The number of hydrogen-bond acceptors (Lipinski definition) is 3. The van der Waals surface area contributed by atoms with E-state index in [4.69, 9.17) is 0 Å². The third-order valence-electron chi connectivity index (χ3n) is 4.49. The molecule has 0 aromatic heterocycles. The van der Waals surface area contributed by atoms with E-state index in [0.717, 1.165) is 18.6 Å². The predicted octanol–water partition coefficient (Wildman–Crippen LogP) is 1.54. The summed E-state index contributed by atoms with van der Waals surface area (Å²) < 4.78 is 0. The van der Waals surface area contributed by atoms with Crippen LogP contribution in [0.15, 0.2) is 0 Å². The maximum atomic E-state index is 3.51. The van der Waals surface area contributed by atoms with E-state index in [9.17, 15) is 0 Å². The Balaban J connectivity index is 1.84. The van der Waals surface area contributed by atoms with Gasteiger partial charge in [0.1, 0.15) is 0 Å². The van der Waals surface area contributed by atoms with E-state index in [1.165, 1.54) is 58.4 Å². The molecule has 3 heteroatoms. The van der Waals surface area contributed by atoms with Crippen molar-refractivity contribution < 1.29 is 0 Å². The van der Waals surface area contributed by atoms with Crippen molar-refractivity contribution in [3.05, 3.63) is 0 Å². The molecule has 0 amide bonds. The van der Waals surface area contributed by atoms with Gasteiger partial charge in [0.05, 0.1) is 0 Å².